The number of amides is 1. The smallest absolute Gasteiger partial charge is 0.232 e. The zero-order chi connectivity index (χ0) is 16.4. The van der Waals surface area contributed by atoms with Crippen LogP contribution in [0.4, 0.5) is 5.69 Å². The van der Waals surface area contributed by atoms with E-state index in [4.69, 9.17) is 10.7 Å². The van der Waals surface area contributed by atoms with E-state index in [1.165, 1.54) is 0 Å². The van der Waals surface area contributed by atoms with Crippen molar-refractivity contribution in [2.75, 3.05) is 17.2 Å². The molecule has 1 unspecified atom stereocenters. The minimum atomic E-state index is -3.61. The first kappa shape index (κ1) is 16.0. The van der Waals surface area contributed by atoms with Gasteiger partial charge in [-0.25, -0.2) is 8.42 Å². The number of rotatable bonds is 4. The summed E-state index contributed by atoms with van der Waals surface area (Å²) in [5.74, 6) is -0.563. The van der Waals surface area contributed by atoms with Gasteiger partial charge >= 0.3 is 0 Å². The fourth-order valence-corrected chi connectivity index (χ4v) is 4.10. The third kappa shape index (κ3) is 3.89. The van der Waals surface area contributed by atoms with Crippen molar-refractivity contribution in [1.82, 2.24) is 4.98 Å². The lowest BCUT2D eigenvalue weighted by atomic mass is 10.1. The van der Waals surface area contributed by atoms with Crippen LogP contribution in [0, 0.1) is 5.92 Å². The van der Waals surface area contributed by atoms with Gasteiger partial charge in [0.25, 0.3) is 0 Å². The SMILES string of the molecule is O=C1CC(CS(=O)(=O)Cl)CN1c1ccnc(-c2ccccc2)c1. The molecule has 1 fully saturated rings. The maximum atomic E-state index is 12.2. The van der Waals surface area contributed by atoms with E-state index in [2.05, 4.69) is 4.98 Å². The van der Waals surface area contributed by atoms with Crippen molar-refractivity contribution in [3.8, 4) is 11.3 Å². The van der Waals surface area contributed by atoms with Gasteiger partial charge < -0.3 is 4.90 Å². The minimum absolute atomic E-state index is 0.0967. The third-order valence-electron chi connectivity index (χ3n) is 3.76. The maximum Gasteiger partial charge on any atom is 0.232 e. The number of aromatic nitrogens is 1. The number of hydrogen-bond donors (Lipinski definition) is 0. The van der Waals surface area contributed by atoms with E-state index in [-0.39, 0.29) is 24.0 Å². The molecule has 2 aromatic rings. The molecule has 0 saturated carbocycles. The molecule has 1 aliphatic rings. The molecule has 1 aromatic heterocycles. The van der Waals surface area contributed by atoms with Crippen LogP contribution in [0.5, 0.6) is 0 Å². The van der Waals surface area contributed by atoms with Crippen molar-refractivity contribution in [2.45, 2.75) is 6.42 Å². The van der Waals surface area contributed by atoms with E-state index < -0.39 is 9.05 Å². The Hall–Kier alpha value is -1.92. The van der Waals surface area contributed by atoms with Gasteiger partial charge in [-0.1, -0.05) is 30.3 Å². The van der Waals surface area contributed by atoms with Crippen LogP contribution in [0.15, 0.2) is 48.7 Å². The van der Waals surface area contributed by atoms with Gasteiger partial charge in [0.05, 0.1) is 11.4 Å². The third-order valence-corrected chi connectivity index (χ3v) is 5.01. The Bertz CT molecular complexity index is 824. The number of carbonyl (C=O) groups is 1. The van der Waals surface area contributed by atoms with Crippen LogP contribution >= 0.6 is 10.7 Å². The second-order valence-corrected chi connectivity index (χ2v) is 8.37. The minimum Gasteiger partial charge on any atom is -0.312 e. The highest BCUT2D eigenvalue weighted by Gasteiger charge is 2.33. The molecular formula is C16H15ClN2O3S. The number of halogens is 1. The predicted molar refractivity (Wildman–Crippen MR) is 89.8 cm³/mol. The molecule has 0 spiro atoms. The van der Waals surface area contributed by atoms with Gasteiger partial charge in [0.15, 0.2) is 0 Å². The van der Waals surface area contributed by atoms with Crippen molar-refractivity contribution < 1.29 is 13.2 Å². The van der Waals surface area contributed by atoms with Crippen LogP contribution in [0.25, 0.3) is 11.3 Å². The molecule has 5 nitrogen and oxygen atoms in total. The van der Waals surface area contributed by atoms with Gasteiger partial charge in [-0.15, -0.1) is 0 Å². The second-order valence-electron chi connectivity index (χ2n) is 5.55. The van der Waals surface area contributed by atoms with Crippen LogP contribution in [0.3, 0.4) is 0 Å². The summed E-state index contributed by atoms with van der Waals surface area (Å²) in [6, 6.07) is 13.3. The standard InChI is InChI=1S/C16H15ClN2O3S/c17-23(21,22)11-12-8-16(20)19(10-12)14-6-7-18-15(9-14)13-4-2-1-3-5-13/h1-7,9,12H,8,10-11H2. The molecule has 1 aliphatic heterocycles. The summed E-state index contributed by atoms with van der Waals surface area (Å²) in [6.07, 6.45) is 1.84. The van der Waals surface area contributed by atoms with E-state index in [1.54, 1.807) is 17.2 Å². The van der Waals surface area contributed by atoms with Crippen LogP contribution in [-0.4, -0.2) is 31.6 Å². The summed E-state index contributed by atoms with van der Waals surface area (Å²) >= 11 is 0. The second kappa shape index (κ2) is 6.29. The van der Waals surface area contributed by atoms with E-state index in [1.807, 2.05) is 36.4 Å². The summed E-state index contributed by atoms with van der Waals surface area (Å²) in [6.45, 7) is 0.350. The predicted octanol–water partition coefficient (Wildman–Crippen LogP) is 2.67. The molecule has 0 aliphatic carbocycles. The first-order valence-corrected chi connectivity index (χ1v) is 9.64. The largest absolute Gasteiger partial charge is 0.312 e. The molecule has 120 valence electrons. The molecule has 0 radical (unpaired) electrons. The van der Waals surface area contributed by atoms with Gasteiger partial charge in [-0.05, 0) is 12.1 Å². The molecule has 2 heterocycles. The van der Waals surface area contributed by atoms with Gasteiger partial charge in [-0.2, -0.15) is 0 Å². The summed E-state index contributed by atoms with van der Waals surface area (Å²) in [4.78, 5) is 18.1. The lowest BCUT2D eigenvalue weighted by Crippen LogP contribution is -2.25. The highest BCUT2D eigenvalue weighted by atomic mass is 35.7. The van der Waals surface area contributed by atoms with Crippen LogP contribution in [0.1, 0.15) is 6.42 Å². The van der Waals surface area contributed by atoms with Crippen molar-refractivity contribution in [3.63, 3.8) is 0 Å². The normalized spacial score (nSPS) is 18.4. The molecule has 0 N–H and O–H groups in total. The fraction of sp³-hybridized carbons (Fsp3) is 0.250. The molecule has 1 aromatic carbocycles. The number of benzene rings is 1. The number of carbonyl (C=O) groups excluding carboxylic acids is 1. The highest BCUT2D eigenvalue weighted by molar-refractivity contribution is 8.13. The zero-order valence-corrected chi connectivity index (χ0v) is 13.8. The molecule has 1 atom stereocenters. The molecule has 3 rings (SSSR count). The Morgan fingerprint density at radius 3 is 2.65 bits per heavy atom. The Kier molecular flexibility index (Phi) is 4.37. The Morgan fingerprint density at radius 1 is 1.22 bits per heavy atom. The zero-order valence-electron chi connectivity index (χ0n) is 12.2. The lowest BCUT2D eigenvalue weighted by molar-refractivity contribution is -0.117. The molecular weight excluding hydrogens is 336 g/mol. The van der Waals surface area contributed by atoms with Crippen molar-refractivity contribution in [1.29, 1.82) is 0 Å². The molecule has 1 amide bonds. The topological polar surface area (TPSA) is 67.3 Å². The average molecular weight is 351 g/mol. The Balaban J connectivity index is 1.84. The molecule has 7 heteroatoms. The lowest BCUT2D eigenvalue weighted by Gasteiger charge is -2.17. The summed E-state index contributed by atoms with van der Waals surface area (Å²) in [5, 5.41) is 0. The molecule has 1 saturated heterocycles. The van der Waals surface area contributed by atoms with Gasteiger partial charge in [0.1, 0.15) is 0 Å². The Morgan fingerprint density at radius 2 is 1.96 bits per heavy atom. The number of hydrogen-bond acceptors (Lipinski definition) is 4. The number of pyridine rings is 1. The van der Waals surface area contributed by atoms with Gasteiger partial charge in [0.2, 0.25) is 15.0 Å². The van der Waals surface area contributed by atoms with E-state index in [0.29, 0.717) is 6.54 Å². The van der Waals surface area contributed by atoms with Gasteiger partial charge in [-0.3, -0.25) is 9.78 Å². The first-order valence-electron chi connectivity index (χ1n) is 7.16. The monoisotopic (exact) mass is 350 g/mol. The molecule has 0 bridgehead atoms. The van der Waals surface area contributed by atoms with E-state index in [0.717, 1.165) is 16.9 Å². The van der Waals surface area contributed by atoms with Gasteiger partial charge in [0, 0.05) is 47.0 Å². The fourth-order valence-electron chi connectivity index (χ4n) is 2.78. The summed E-state index contributed by atoms with van der Waals surface area (Å²) in [7, 11) is 1.69. The van der Waals surface area contributed by atoms with E-state index in [9.17, 15) is 13.2 Å². The maximum absolute atomic E-state index is 12.2. The molecule has 23 heavy (non-hydrogen) atoms. The first-order chi connectivity index (χ1) is 10.9. The summed E-state index contributed by atoms with van der Waals surface area (Å²) in [5.41, 5.74) is 2.45. The van der Waals surface area contributed by atoms with E-state index >= 15 is 0 Å². The number of anilines is 1. The van der Waals surface area contributed by atoms with Crippen LogP contribution in [0.2, 0.25) is 0 Å². The Labute approximate surface area is 139 Å². The highest BCUT2D eigenvalue weighted by Crippen LogP contribution is 2.29. The van der Waals surface area contributed by atoms with Crippen molar-refractivity contribution in [2.24, 2.45) is 5.92 Å². The average Bonchev–Trinajstić information content (AvgIpc) is 2.87. The quantitative estimate of drug-likeness (QED) is 0.795. The van der Waals surface area contributed by atoms with Crippen molar-refractivity contribution >= 4 is 31.3 Å². The van der Waals surface area contributed by atoms with Crippen LogP contribution < -0.4 is 4.90 Å². The van der Waals surface area contributed by atoms with Crippen LogP contribution in [-0.2, 0) is 13.8 Å². The summed E-state index contributed by atoms with van der Waals surface area (Å²) < 4.78 is 22.4. The number of nitrogens with zero attached hydrogens (tertiary/aromatic N) is 2. The van der Waals surface area contributed by atoms with Crippen molar-refractivity contribution in [3.05, 3.63) is 48.7 Å².